The molecular formula is C21H16I2N2O6S. The molecule has 0 aliphatic carbocycles. The smallest absolute Gasteiger partial charge is 0.341 e. The minimum atomic E-state index is -1.09. The molecule has 1 heterocycles. The van der Waals surface area contributed by atoms with Crippen molar-refractivity contribution in [1.82, 2.24) is 5.32 Å². The van der Waals surface area contributed by atoms with E-state index in [1.54, 1.807) is 36.4 Å². The highest BCUT2D eigenvalue weighted by Gasteiger charge is 2.34. The molecule has 0 unspecified atom stereocenters. The van der Waals surface area contributed by atoms with Gasteiger partial charge in [0.1, 0.15) is 17.1 Å². The topological polar surface area (TPSA) is 105 Å². The molecule has 11 heteroatoms. The molecule has 32 heavy (non-hydrogen) atoms. The van der Waals surface area contributed by atoms with E-state index in [4.69, 9.17) is 26.8 Å². The van der Waals surface area contributed by atoms with E-state index in [-0.39, 0.29) is 10.7 Å². The summed E-state index contributed by atoms with van der Waals surface area (Å²) in [5.41, 5.74) is 0.994. The first-order valence-corrected chi connectivity index (χ1v) is 11.8. The summed E-state index contributed by atoms with van der Waals surface area (Å²) >= 11 is 9.24. The van der Waals surface area contributed by atoms with Crippen LogP contribution in [0.3, 0.4) is 0 Å². The summed E-state index contributed by atoms with van der Waals surface area (Å²) in [5, 5.41) is 11.4. The Morgan fingerprint density at radius 3 is 2.34 bits per heavy atom. The Kier molecular flexibility index (Phi) is 8.05. The van der Waals surface area contributed by atoms with E-state index in [1.165, 1.54) is 11.0 Å². The van der Waals surface area contributed by atoms with Crippen LogP contribution in [0.25, 0.3) is 6.08 Å². The van der Waals surface area contributed by atoms with Crippen molar-refractivity contribution in [3.8, 4) is 11.5 Å². The summed E-state index contributed by atoms with van der Waals surface area (Å²) < 4.78 is 12.0. The Bertz CT molecular complexity index is 1110. The van der Waals surface area contributed by atoms with E-state index in [2.05, 4.69) is 5.32 Å². The lowest BCUT2D eigenvalue weighted by Gasteiger charge is -2.29. The van der Waals surface area contributed by atoms with Gasteiger partial charge in [-0.1, -0.05) is 0 Å². The lowest BCUT2D eigenvalue weighted by Crippen LogP contribution is -2.54. The molecule has 0 saturated carbocycles. The van der Waals surface area contributed by atoms with Crippen LogP contribution in [-0.4, -0.2) is 41.2 Å². The Labute approximate surface area is 216 Å². The molecule has 2 aromatic carbocycles. The zero-order valence-corrected chi connectivity index (χ0v) is 21.7. The van der Waals surface area contributed by atoms with E-state index in [0.29, 0.717) is 36.5 Å². The molecule has 1 aliphatic rings. The Morgan fingerprint density at radius 1 is 1.16 bits per heavy atom. The predicted molar refractivity (Wildman–Crippen MR) is 139 cm³/mol. The van der Waals surface area contributed by atoms with Gasteiger partial charge in [0.2, 0.25) is 0 Å². The molecule has 166 valence electrons. The van der Waals surface area contributed by atoms with Gasteiger partial charge in [0, 0.05) is 0 Å². The van der Waals surface area contributed by atoms with Crippen molar-refractivity contribution < 1.29 is 29.0 Å². The van der Waals surface area contributed by atoms with Crippen LogP contribution in [0.1, 0.15) is 12.5 Å². The molecule has 3 rings (SSSR count). The molecule has 2 aromatic rings. The van der Waals surface area contributed by atoms with E-state index in [9.17, 15) is 14.4 Å². The fourth-order valence-electron chi connectivity index (χ4n) is 2.85. The number of nitrogens with zero attached hydrogens (tertiary/aromatic N) is 1. The number of carbonyl (C=O) groups excluding carboxylic acids is 2. The van der Waals surface area contributed by atoms with Crippen molar-refractivity contribution in [3.05, 3.63) is 54.7 Å². The van der Waals surface area contributed by atoms with Crippen molar-refractivity contribution >= 4 is 92.1 Å². The second kappa shape index (κ2) is 10.6. The average molecular weight is 678 g/mol. The van der Waals surface area contributed by atoms with Crippen molar-refractivity contribution in [2.24, 2.45) is 0 Å². The quantitative estimate of drug-likeness (QED) is 0.200. The summed E-state index contributed by atoms with van der Waals surface area (Å²) in [6.45, 7) is 1.92. The third-order valence-corrected chi connectivity index (χ3v) is 6.07. The number of carboxylic acids is 1. The van der Waals surface area contributed by atoms with Gasteiger partial charge in [-0.3, -0.25) is 19.8 Å². The number of nitrogens with one attached hydrogen (secondary N) is 1. The summed E-state index contributed by atoms with van der Waals surface area (Å²) in [7, 11) is 0. The van der Waals surface area contributed by atoms with Crippen molar-refractivity contribution in [1.29, 1.82) is 0 Å². The first kappa shape index (κ1) is 24.4. The third-order valence-electron chi connectivity index (χ3n) is 4.18. The summed E-state index contributed by atoms with van der Waals surface area (Å²) in [6, 6.07) is 10.2. The zero-order chi connectivity index (χ0) is 23.4. The molecule has 0 atom stereocenters. The third kappa shape index (κ3) is 5.56. The Balaban J connectivity index is 1.93. The van der Waals surface area contributed by atoms with Crippen LogP contribution in [0.15, 0.2) is 42.0 Å². The number of anilines is 1. The number of hydrogen-bond donors (Lipinski definition) is 2. The number of benzene rings is 2. The Hall–Kier alpha value is -2.26. The maximum atomic E-state index is 13.2. The van der Waals surface area contributed by atoms with Crippen LogP contribution in [0, 0.1) is 7.14 Å². The number of rotatable bonds is 7. The number of carbonyl (C=O) groups is 3. The molecule has 2 N–H and O–H groups in total. The molecule has 8 nitrogen and oxygen atoms in total. The summed E-state index contributed by atoms with van der Waals surface area (Å²) in [6.07, 6.45) is 1.46. The average Bonchev–Trinajstić information content (AvgIpc) is 2.71. The highest BCUT2D eigenvalue weighted by atomic mass is 127. The molecule has 1 fully saturated rings. The number of aliphatic carboxylic acids is 1. The lowest BCUT2D eigenvalue weighted by molar-refractivity contribution is -0.139. The van der Waals surface area contributed by atoms with Gasteiger partial charge in [-0.15, -0.1) is 0 Å². The SMILES string of the molecule is CCOc1ccc(N2C(=O)C(=Cc3cc(I)c(OCC(=O)O)c(I)c3)C(=O)NC2=S)cc1. The van der Waals surface area contributed by atoms with Gasteiger partial charge in [-0.05, 0) is 112 Å². The number of amides is 2. The zero-order valence-electron chi connectivity index (χ0n) is 16.6. The standard InChI is InChI=1S/C21H16I2N2O6S/c1-2-30-13-5-3-12(4-6-13)25-20(29)14(19(28)24-21(25)32)7-11-8-15(22)18(16(23)9-11)31-10-17(26)27/h3-9H,2,10H2,1H3,(H,26,27)(H,24,28,32). The van der Waals surface area contributed by atoms with Gasteiger partial charge in [-0.2, -0.15) is 0 Å². The van der Waals surface area contributed by atoms with Crippen molar-refractivity contribution in [2.45, 2.75) is 6.92 Å². The number of thiocarbonyl (C=S) groups is 1. The van der Waals surface area contributed by atoms with Crippen LogP contribution in [0.4, 0.5) is 5.69 Å². The molecule has 0 spiro atoms. The van der Waals surface area contributed by atoms with Gasteiger partial charge < -0.3 is 14.6 Å². The number of halogens is 2. The van der Waals surface area contributed by atoms with E-state index in [0.717, 1.165) is 0 Å². The van der Waals surface area contributed by atoms with Crippen LogP contribution in [0.5, 0.6) is 11.5 Å². The lowest BCUT2D eigenvalue weighted by atomic mass is 10.1. The fourth-order valence-corrected chi connectivity index (χ4v) is 5.26. The maximum Gasteiger partial charge on any atom is 0.341 e. The van der Waals surface area contributed by atoms with Crippen molar-refractivity contribution in [3.63, 3.8) is 0 Å². The molecule has 0 radical (unpaired) electrons. The van der Waals surface area contributed by atoms with Gasteiger partial charge in [0.15, 0.2) is 11.7 Å². The minimum Gasteiger partial charge on any atom is -0.494 e. The van der Waals surface area contributed by atoms with Crippen LogP contribution >= 0.6 is 57.4 Å². The van der Waals surface area contributed by atoms with E-state index >= 15 is 0 Å². The predicted octanol–water partition coefficient (Wildman–Crippen LogP) is 3.59. The van der Waals surface area contributed by atoms with Gasteiger partial charge in [0.05, 0.1) is 19.4 Å². The Morgan fingerprint density at radius 2 is 1.78 bits per heavy atom. The molecular weight excluding hydrogens is 662 g/mol. The first-order valence-electron chi connectivity index (χ1n) is 9.19. The molecule has 2 amide bonds. The molecule has 1 saturated heterocycles. The monoisotopic (exact) mass is 678 g/mol. The number of carboxylic acid groups (broad SMARTS) is 1. The van der Waals surface area contributed by atoms with Crippen LogP contribution in [-0.2, 0) is 14.4 Å². The van der Waals surface area contributed by atoms with Crippen LogP contribution < -0.4 is 19.7 Å². The highest BCUT2D eigenvalue weighted by Crippen LogP contribution is 2.31. The molecule has 0 bridgehead atoms. The van der Waals surface area contributed by atoms with E-state index < -0.39 is 24.4 Å². The van der Waals surface area contributed by atoms with Gasteiger partial charge in [0.25, 0.3) is 11.8 Å². The maximum absolute atomic E-state index is 13.2. The number of hydrogen-bond acceptors (Lipinski definition) is 6. The second-order valence-corrected chi connectivity index (χ2v) is 9.09. The van der Waals surface area contributed by atoms with E-state index in [1.807, 2.05) is 52.1 Å². The summed E-state index contributed by atoms with van der Waals surface area (Å²) in [4.78, 5) is 37.7. The first-order chi connectivity index (χ1) is 15.2. The minimum absolute atomic E-state index is 0.0112. The van der Waals surface area contributed by atoms with Crippen molar-refractivity contribution in [2.75, 3.05) is 18.1 Å². The second-order valence-electron chi connectivity index (χ2n) is 6.38. The van der Waals surface area contributed by atoms with Crippen LogP contribution in [0.2, 0.25) is 0 Å². The molecule has 0 aromatic heterocycles. The van der Waals surface area contributed by atoms with Gasteiger partial charge >= 0.3 is 5.97 Å². The molecule has 1 aliphatic heterocycles. The number of ether oxygens (including phenoxy) is 2. The largest absolute Gasteiger partial charge is 0.494 e. The fraction of sp³-hybridized carbons (Fsp3) is 0.143. The summed E-state index contributed by atoms with van der Waals surface area (Å²) in [5.74, 6) is -1.16. The van der Waals surface area contributed by atoms with Gasteiger partial charge in [-0.25, -0.2) is 4.79 Å². The normalized spacial score (nSPS) is 15.0. The highest BCUT2D eigenvalue weighted by molar-refractivity contribution is 14.1.